The molecule has 4 rings (SSSR count). The van der Waals surface area contributed by atoms with Gasteiger partial charge in [-0.15, -0.1) is 0 Å². The Balaban J connectivity index is 1.52. The monoisotopic (exact) mass is 375 g/mol. The largest absolute Gasteiger partial charge is 0.333 e. The van der Waals surface area contributed by atoms with Gasteiger partial charge in [0, 0.05) is 25.9 Å². The van der Waals surface area contributed by atoms with Gasteiger partial charge < -0.3 is 4.90 Å². The summed E-state index contributed by atoms with van der Waals surface area (Å²) in [7, 11) is -3.12. The van der Waals surface area contributed by atoms with Gasteiger partial charge in [-0.3, -0.25) is 9.59 Å². The minimum atomic E-state index is -3.12. The molecule has 0 saturated carbocycles. The molecule has 0 unspecified atom stereocenters. The molecule has 3 aliphatic heterocycles. The van der Waals surface area contributed by atoms with E-state index < -0.39 is 15.9 Å². The number of nitrogens with zero attached hydrogens (tertiary/aromatic N) is 3. The highest BCUT2D eigenvalue weighted by Crippen LogP contribution is 2.24. The maximum absolute atomic E-state index is 12.9. The van der Waals surface area contributed by atoms with Gasteiger partial charge in [-0.25, -0.2) is 13.4 Å². The van der Waals surface area contributed by atoms with Crippen LogP contribution in [0.25, 0.3) is 0 Å². The van der Waals surface area contributed by atoms with E-state index in [1.54, 1.807) is 4.90 Å². The number of hydrazone groups is 1. The lowest BCUT2D eigenvalue weighted by atomic mass is 9.99. The molecule has 0 radical (unpaired) electrons. The molecule has 138 valence electrons. The maximum Gasteiger partial charge on any atom is 0.270 e. The van der Waals surface area contributed by atoms with Crippen LogP contribution in [0, 0.1) is 0 Å². The third-order valence-electron chi connectivity index (χ3n) is 5.28. The number of hydrogen-bond acceptors (Lipinski definition) is 5. The van der Waals surface area contributed by atoms with Gasteiger partial charge in [0.15, 0.2) is 9.84 Å². The number of carbonyl (C=O) groups is 2. The van der Waals surface area contributed by atoms with Crippen molar-refractivity contribution in [2.24, 2.45) is 5.10 Å². The number of rotatable bonds is 2. The topological polar surface area (TPSA) is 87.1 Å². The number of amides is 2. The van der Waals surface area contributed by atoms with Gasteiger partial charge in [0.05, 0.1) is 17.5 Å². The molecule has 8 heteroatoms. The third kappa shape index (κ3) is 3.25. The zero-order valence-corrected chi connectivity index (χ0v) is 15.2. The lowest BCUT2D eigenvalue weighted by Gasteiger charge is -2.32. The molecule has 0 N–H and O–H groups in total. The molecule has 7 nitrogen and oxygen atoms in total. The van der Waals surface area contributed by atoms with Gasteiger partial charge in [-0.1, -0.05) is 24.3 Å². The van der Waals surface area contributed by atoms with Crippen LogP contribution in [0.4, 0.5) is 0 Å². The first kappa shape index (κ1) is 17.2. The van der Waals surface area contributed by atoms with Crippen molar-refractivity contribution in [3.8, 4) is 0 Å². The summed E-state index contributed by atoms with van der Waals surface area (Å²) < 4.78 is 23.4. The predicted octanol–water partition coefficient (Wildman–Crippen LogP) is 0.737. The zero-order valence-electron chi connectivity index (χ0n) is 14.4. The summed E-state index contributed by atoms with van der Waals surface area (Å²) in [6, 6.07) is 7.62. The van der Waals surface area contributed by atoms with Crippen molar-refractivity contribution >= 4 is 27.4 Å². The van der Waals surface area contributed by atoms with Crippen molar-refractivity contribution in [3.63, 3.8) is 0 Å². The smallest absolute Gasteiger partial charge is 0.270 e. The van der Waals surface area contributed by atoms with E-state index in [1.165, 1.54) is 10.6 Å². The molecule has 1 saturated heterocycles. The fourth-order valence-electron chi connectivity index (χ4n) is 3.83. The summed E-state index contributed by atoms with van der Waals surface area (Å²) >= 11 is 0. The third-order valence-corrected chi connectivity index (χ3v) is 7.03. The van der Waals surface area contributed by atoms with Crippen molar-refractivity contribution in [3.05, 3.63) is 35.4 Å². The van der Waals surface area contributed by atoms with Gasteiger partial charge >= 0.3 is 0 Å². The van der Waals surface area contributed by atoms with E-state index in [-0.39, 0.29) is 29.7 Å². The highest BCUT2D eigenvalue weighted by atomic mass is 32.2. The molecule has 3 heterocycles. The van der Waals surface area contributed by atoms with E-state index in [9.17, 15) is 18.0 Å². The van der Waals surface area contributed by atoms with Crippen LogP contribution < -0.4 is 0 Å². The number of sulfone groups is 1. The Morgan fingerprint density at radius 3 is 2.62 bits per heavy atom. The van der Waals surface area contributed by atoms with Crippen LogP contribution in [-0.2, 0) is 32.4 Å². The van der Waals surface area contributed by atoms with Crippen molar-refractivity contribution in [1.29, 1.82) is 0 Å². The molecule has 26 heavy (non-hydrogen) atoms. The normalized spacial score (nSPS) is 25.0. The summed E-state index contributed by atoms with van der Waals surface area (Å²) in [5.41, 5.74) is 2.75. The molecule has 1 fully saturated rings. The number of benzene rings is 1. The standard InChI is InChI=1S/C18H21N3O4S/c22-17-6-5-16(19-21(17)15-8-10-26(24,25)12-15)18(23)20-9-7-13-3-1-2-4-14(13)11-20/h1-4,15H,5-12H2/t15-/m0/s1. The van der Waals surface area contributed by atoms with Crippen LogP contribution in [0.5, 0.6) is 0 Å². The first-order valence-corrected chi connectivity index (χ1v) is 10.7. The predicted molar refractivity (Wildman–Crippen MR) is 96.1 cm³/mol. The van der Waals surface area contributed by atoms with Crippen LogP contribution in [0.2, 0.25) is 0 Å². The Labute approximate surface area is 152 Å². The highest BCUT2D eigenvalue weighted by Gasteiger charge is 2.38. The summed E-state index contributed by atoms with van der Waals surface area (Å²) in [5.74, 6) is -0.352. The van der Waals surface area contributed by atoms with Gasteiger partial charge in [0.2, 0.25) is 5.91 Å². The Bertz CT molecular complexity index is 893. The first-order chi connectivity index (χ1) is 12.4. The Kier molecular flexibility index (Phi) is 4.30. The van der Waals surface area contributed by atoms with Crippen molar-refractivity contribution < 1.29 is 18.0 Å². The van der Waals surface area contributed by atoms with Crippen LogP contribution in [0.3, 0.4) is 0 Å². The molecule has 2 amide bonds. The van der Waals surface area contributed by atoms with Crippen molar-refractivity contribution in [2.45, 2.75) is 38.3 Å². The van der Waals surface area contributed by atoms with Gasteiger partial charge in [0.1, 0.15) is 5.71 Å². The average Bonchev–Trinajstić information content (AvgIpc) is 3.01. The molecule has 1 atom stereocenters. The SMILES string of the molecule is O=C(C1=NN([C@H]2CCS(=O)(=O)C2)C(=O)CC1)N1CCc2ccccc2C1. The second-order valence-corrected chi connectivity index (χ2v) is 9.32. The molecule has 0 spiro atoms. The fourth-order valence-corrected chi connectivity index (χ4v) is 5.52. The summed E-state index contributed by atoms with van der Waals surface area (Å²) in [6.45, 7) is 1.17. The van der Waals surface area contributed by atoms with E-state index in [1.807, 2.05) is 18.2 Å². The first-order valence-electron chi connectivity index (χ1n) is 8.89. The molecule has 3 aliphatic rings. The Morgan fingerprint density at radius 2 is 1.88 bits per heavy atom. The summed E-state index contributed by atoms with van der Waals surface area (Å²) in [5, 5.41) is 5.54. The number of carbonyl (C=O) groups excluding carboxylic acids is 2. The average molecular weight is 375 g/mol. The molecule has 0 aromatic heterocycles. The molecule has 0 aliphatic carbocycles. The Morgan fingerprint density at radius 1 is 1.12 bits per heavy atom. The molecule has 1 aromatic rings. The zero-order chi connectivity index (χ0) is 18.3. The minimum Gasteiger partial charge on any atom is -0.333 e. The van der Waals surface area contributed by atoms with Crippen molar-refractivity contribution in [1.82, 2.24) is 9.91 Å². The molecule has 0 bridgehead atoms. The number of hydrogen-bond donors (Lipinski definition) is 0. The lowest BCUT2D eigenvalue weighted by Crippen LogP contribution is -2.46. The quantitative estimate of drug-likeness (QED) is 0.763. The summed E-state index contributed by atoms with van der Waals surface area (Å²) in [6.07, 6.45) is 1.70. The summed E-state index contributed by atoms with van der Waals surface area (Å²) in [4.78, 5) is 26.9. The van der Waals surface area contributed by atoms with E-state index in [4.69, 9.17) is 0 Å². The second kappa shape index (κ2) is 6.50. The van der Waals surface area contributed by atoms with E-state index in [2.05, 4.69) is 11.2 Å². The van der Waals surface area contributed by atoms with Crippen LogP contribution in [0.15, 0.2) is 29.4 Å². The molecular formula is C18H21N3O4S. The van der Waals surface area contributed by atoms with Crippen LogP contribution in [0.1, 0.15) is 30.4 Å². The molecular weight excluding hydrogens is 354 g/mol. The van der Waals surface area contributed by atoms with E-state index >= 15 is 0 Å². The van der Waals surface area contributed by atoms with Crippen LogP contribution in [-0.4, -0.2) is 59.9 Å². The van der Waals surface area contributed by atoms with E-state index in [0.29, 0.717) is 31.6 Å². The number of fused-ring (bicyclic) bond motifs is 1. The highest BCUT2D eigenvalue weighted by molar-refractivity contribution is 7.91. The van der Waals surface area contributed by atoms with Gasteiger partial charge in [-0.05, 0) is 24.0 Å². The van der Waals surface area contributed by atoms with Crippen LogP contribution >= 0.6 is 0 Å². The van der Waals surface area contributed by atoms with Gasteiger partial charge in [-0.2, -0.15) is 5.10 Å². The maximum atomic E-state index is 12.9. The van der Waals surface area contributed by atoms with Crippen molar-refractivity contribution in [2.75, 3.05) is 18.1 Å². The second-order valence-electron chi connectivity index (χ2n) is 7.09. The minimum absolute atomic E-state index is 0.0687. The molecule has 1 aromatic carbocycles. The van der Waals surface area contributed by atoms with E-state index in [0.717, 1.165) is 12.0 Å². The van der Waals surface area contributed by atoms with Gasteiger partial charge in [0.25, 0.3) is 5.91 Å². The Hall–Kier alpha value is -2.22. The fraction of sp³-hybridized carbons (Fsp3) is 0.500. The lowest BCUT2D eigenvalue weighted by molar-refractivity contribution is -0.134.